The molecule has 31 heteroatoms. The van der Waals surface area contributed by atoms with Gasteiger partial charge < -0.3 is 99.0 Å². The van der Waals surface area contributed by atoms with Crippen molar-refractivity contribution >= 4 is 46.9 Å². The Morgan fingerprint density at radius 1 is 0.290 bits per heavy atom. The second kappa shape index (κ2) is 21.4. The van der Waals surface area contributed by atoms with Crippen LogP contribution in [-0.4, -0.2) is 0 Å². The molecule has 0 radical (unpaired) electrons. The van der Waals surface area contributed by atoms with E-state index in [9.17, 15) is 86.1 Å². The summed E-state index contributed by atoms with van der Waals surface area (Å²) < 4.78 is 63.5. The predicted molar refractivity (Wildman–Crippen MR) is 48.9 cm³/mol. The van der Waals surface area contributed by atoms with Crippen LogP contribution in [0.2, 0.25) is 0 Å². The Kier molecular flexibility index (Phi) is 36.5. The molecule has 0 heterocycles. The van der Waals surface area contributed by atoms with Gasteiger partial charge in [-0.15, -0.1) is 0 Å². The fourth-order valence-corrected chi connectivity index (χ4v) is 3.31. The van der Waals surface area contributed by atoms with Crippen LogP contribution in [0.3, 0.4) is 0 Å². The number of hydrogen-bond acceptors (Lipinski definition) is 21. The summed E-state index contributed by atoms with van der Waals surface area (Å²) in [6.45, 7) is 0. The van der Waals surface area contributed by atoms with Crippen LogP contribution in [0.1, 0.15) is 0 Å². The Labute approximate surface area is 283 Å². The average molecular weight is 1080 g/mol. The first-order chi connectivity index (χ1) is 11.1. The van der Waals surface area contributed by atoms with Crippen molar-refractivity contribution in [1.29, 1.82) is 0 Å². The van der Waals surface area contributed by atoms with E-state index in [0.29, 0.717) is 0 Å². The largest absolute Gasteiger partial charge is 3.00 e. The van der Waals surface area contributed by atoms with Crippen LogP contribution in [0.25, 0.3) is 0 Å². The molecule has 0 saturated carbocycles. The molecule has 0 aromatic rings. The summed E-state index contributed by atoms with van der Waals surface area (Å²) in [4.78, 5) is 112. The zero-order valence-corrected chi connectivity index (χ0v) is 33.4. The Bertz CT molecular complexity index is 559. The van der Waals surface area contributed by atoms with Crippen molar-refractivity contribution in [2.45, 2.75) is 0 Å². The predicted octanol–water partition coefficient (Wildman–Crippen LogP) is -10.0. The molecule has 0 aliphatic rings. The van der Waals surface area contributed by atoms with Crippen LogP contribution in [0.4, 0.5) is 0 Å². The molecule has 0 rings (SSSR count). The van der Waals surface area contributed by atoms with Crippen molar-refractivity contribution in [1.82, 2.24) is 0 Å². The monoisotopic (exact) mass is 1080 g/mol. The van der Waals surface area contributed by atoms with E-state index in [0.717, 1.165) is 0 Å². The van der Waals surface area contributed by atoms with Gasteiger partial charge in [-0.1, -0.05) is 0 Å². The van der Waals surface area contributed by atoms with Crippen LogP contribution in [0.15, 0.2) is 0 Å². The first-order valence-electron chi connectivity index (χ1n) is 4.38. The minimum absolute atomic E-state index is 0. The van der Waals surface area contributed by atoms with Crippen LogP contribution >= 0.6 is 46.9 Å². The van der Waals surface area contributed by atoms with Crippen molar-refractivity contribution in [2.75, 3.05) is 0 Å². The standard InChI is InChI=1S/4La.3H4O7P2/c;;;;3*1-8(2,3)7-9(4,5)6/h;;;;3*(H2,1,2,3)(H2,4,5,6)/q4*+3;;;/p-12. The van der Waals surface area contributed by atoms with Gasteiger partial charge >= 0.3 is 142 Å². The maximum Gasteiger partial charge on any atom is 3.00 e. The Balaban J connectivity index is -0.0000000524. The summed E-state index contributed by atoms with van der Waals surface area (Å²) >= 11 is 0. The van der Waals surface area contributed by atoms with Gasteiger partial charge in [0.2, 0.25) is 0 Å². The zero-order valence-electron chi connectivity index (χ0n) is 13.6. The zero-order chi connectivity index (χ0) is 23.1. The smallest absolute Gasteiger partial charge is 0.790 e. The number of rotatable bonds is 6. The van der Waals surface area contributed by atoms with Crippen molar-refractivity contribution in [3.8, 4) is 0 Å². The van der Waals surface area contributed by atoms with Crippen molar-refractivity contribution in [2.24, 2.45) is 0 Å². The van der Waals surface area contributed by atoms with Gasteiger partial charge in [-0.05, 0) is 0 Å². The van der Waals surface area contributed by atoms with E-state index in [-0.39, 0.29) is 142 Å². The number of phosphoric acid groups is 6. The fourth-order valence-electron chi connectivity index (χ4n) is 0.367. The Morgan fingerprint density at radius 3 is 0.355 bits per heavy atom. The van der Waals surface area contributed by atoms with Crippen LogP contribution in [0, 0.1) is 142 Å². The van der Waals surface area contributed by atoms with Gasteiger partial charge in [-0.2, -0.15) is 0 Å². The van der Waals surface area contributed by atoms with E-state index in [2.05, 4.69) is 12.9 Å². The average Bonchev–Trinajstić information content (AvgIpc) is 1.96. The summed E-state index contributed by atoms with van der Waals surface area (Å²) in [5.74, 6) is 0. The molecule has 0 bridgehead atoms. The summed E-state index contributed by atoms with van der Waals surface area (Å²) in [6.07, 6.45) is 0. The third-order valence-corrected chi connectivity index (χ3v) is 5.40. The third kappa shape index (κ3) is 72.2. The van der Waals surface area contributed by atoms with E-state index in [1.54, 1.807) is 0 Å². The third-order valence-electron chi connectivity index (χ3n) is 0.600. The van der Waals surface area contributed by atoms with Gasteiger partial charge in [0.25, 0.3) is 0 Å². The fraction of sp³-hybridized carbons (Fsp3) is 0. The van der Waals surface area contributed by atoms with Crippen molar-refractivity contribution < 1.29 is 241 Å². The maximum absolute atomic E-state index is 9.32. The number of hydrogen-bond donors (Lipinski definition) is 0. The molecule has 0 fully saturated rings. The van der Waals surface area contributed by atoms with E-state index < -0.39 is 46.9 Å². The minimum atomic E-state index is -5.68. The topological polar surface area (TPSA) is 407 Å². The van der Waals surface area contributed by atoms with Gasteiger partial charge in [0.15, 0.2) is 0 Å². The molecule has 0 aliphatic heterocycles. The summed E-state index contributed by atoms with van der Waals surface area (Å²) in [7, 11) is -34.1. The summed E-state index contributed by atoms with van der Waals surface area (Å²) in [5, 5.41) is 0. The first kappa shape index (κ1) is 52.9. The van der Waals surface area contributed by atoms with E-state index >= 15 is 0 Å². The van der Waals surface area contributed by atoms with Crippen LogP contribution in [-0.2, 0) is 40.3 Å². The Hall–Kier alpha value is 5.56. The summed E-state index contributed by atoms with van der Waals surface area (Å²) in [5.41, 5.74) is 0. The first-order valence-corrected chi connectivity index (χ1v) is 13.1. The molecule has 0 N–H and O–H groups in total. The molecule has 0 atom stereocenters. The second-order valence-electron chi connectivity index (χ2n) is 2.93. The van der Waals surface area contributed by atoms with Gasteiger partial charge in [0.1, 0.15) is 0 Å². The Morgan fingerprint density at radius 2 is 0.355 bits per heavy atom. The maximum atomic E-state index is 9.32. The van der Waals surface area contributed by atoms with Gasteiger partial charge in [-0.3, -0.25) is 0 Å². The SMILES string of the molecule is O=P([O-])([O-])OP(=O)([O-])[O-].O=P([O-])([O-])OP(=O)([O-])[O-].O=P([O-])([O-])OP(=O)([O-])[O-].[La+3].[La+3].[La+3].[La+3]. The molecule has 0 aliphatic carbocycles. The molecule has 31 heavy (non-hydrogen) atoms. The van der Waals surface area contributed by atoms with Gasteiger partial charge in [0, 0.05) is 0 Å². The molecule has 0 unspecified atom stereocenters. The van der Waals surface area contributed by atoms with E-state index in [1.807, 2.05) is 0 Å². The molecule has 168 valence electrons. The molecular weight excluding hydrogens is 1080 g/mol. The molecule has 0 amide bonds. The second-order valence-corrected chi connectivity index (χ2v) is 10.3. The molecular formula is La4O21P6. The van der Waals surface area contributed by atoms with Crippen LogP contribution in [0.5, 0.6) is 0 Å². The molecule has 0 aromatic heterocycles. The molecule has 0 saturated heterocycles. The van der Waals surface area contributed by atoms with E-state index in [1.165, 1.54) is 0 Å². The van der Waals surface area contributed by atoms with E-state index in [4.69, 9.17) is 0 Å². The minimum Gasteiger partial charge on any atom is -0.790 e. The normalized spacial score (nSPS) is 12.0. The van der Waals surface area contributed by atoms with Crippen molar-refractivity contribution in [3.63, 3.8) is 0 Å². The molecule has 0 aromatic carbocycles. The summed E-state index contributed by atoms with van der Waals surface area (Å²) in [6, 6.07) is 0. The molecule has 21 nitrogen and oxygen atoms in total. The molecule has 0 spiro atoms. The van der Waals surface area contributed by atoms with Crippen molar-refractivity contribution in [3.05, 3.63) is 0 Å². The van der Waals surface area contributed by atoms with Gasteiger partial charge in [-0.25, -0.2) is 0 Å². The van der Waals surface area contributed by atoms with Gasteiger partial charge in [0.05, 0.1) is 46.9 Å². The van der Waals surface area contributed by atoms with Crippen LogP contribution < -0.4 is 58.7 Å². The quantitative estimate of drug-likeness (QED) is 0.223.